The standard InChI is InChI=1S/C20H27N3O3S/c1-15-3-4-19(13-16(15)2)27(25,26)23-11-7-18(8-12-23)20(24)22-9-5-17(14-21)6-10-22/h3-4,13,17-18H,5-12H2,1-2H3. The highest BCUT2D eigenvalue weighted by molar-refractivity contribution is 7.89. The molecule has 0 unspecified atom stereocenters. The summed E-state index contributed by atoms with van der Waals surface area (Å²) >= 11 is 0. The molecule has 1 amide bonds. The van der Waals surface area contributed by atoms with Gasteiger partial charge in [0.25, 0.3) is 0 Å². The first-order valence-electron chi connectivity index (χ1n) is 9.58. The van der Waals surface area contributed by atoms with Crippen LogP contribution < -0.4 is 0 Å². The number of carbonyl (C=O) groups is 1. The van der Waals surface area contributed by atoms with Gasteiger partial charge in [-0.15, -0.1) is 0 Å². The molecule has 2 aliphatic rings. The van der Waals surface area contributed by atoms with E-state index >= 15 is 0 Å². The third-order valence-corrected chi connectivity index (χ3v) is 7.80. The summed E-state index contributed by atoms with van der Waals surface area (Å²) in [7, 11) is -3.51. The summed E-state index contributed by atoms with van der Waals surface area (Å²) in [5.74, 6) is 0.0588. The molecule has 2 fully saturated rings. The second-order valence-electron chi connectivity index (χ2n) is 7.65. The Morgan fingerprint density at radius 2 is 1.67 bits per heavy atom. The molecular formula is C20H27N3O3S. The van der Waals surface area contributed by atoms with Crippen molar-refractivity contribution in [3.8, 4) is 6.07 Å². The van der Waals surface area contributed by atoms with Crippen molar-refractivity contribution >= 4 is 15.9 Å². The van der Waals surface area contributed by atoms with Crippen molar-refractivity contribution in [2.75, 3.05) is 26.2 Å². The molecule has 6 nitrogen and oxygen atoms in total. The van der Waals surface area contributed by atoms with Crippen molar-refractivity contribution in [3.63, 3.8) is 0 Å². The number of nitriles is 1. The Kier molecular flexibility index (Phi) is 5.87. The molecule has 146 valence electrons. The molecule has 0 aliphatic carbocycles. The van der Waals surface area contributed by atoms with Crippen LogP contribution in [-0.4, -0.2) is 49.7 Å². The first-order valence-corrected chi connectivity index (χ1v) is 11.0. The monoisotopic (exact) mass is 389 g/mol. The highest BCUT2D eigenvalue weighted by Gasteiger charge is 2.34. The lowest BCUT2D eigenvalue weighted by atomic mass is 9.93. The number of aryl methyl sites for hydroxylation is 2. The van der Waals surface area contributed by atoms with Gasteiger partial charge < -0.3 is 4.90 Å². The summed E-state index contributed by atoms with van der Waals surface area (Å²) in [5.41, 5.74) is 2.03. The molecule has 7 heteroatoms. The molecule has 3 rings (SSSR count). The number of sulfonamides is 1. The Bertz CT molecular complexity index is 844. The number of hydrogen-bond donors (Lipinski definition) is 0. The van der Waals surface area contributed by atoms with Gasteiger partial charge in [0.1, 0.15) is 0 Å². The number of amides is 1. The van der Waals surface area contributed by atoms with Crippen molar-refractivity contribution in [2.24, 2.45) is 11.8 Å². The lowest BCUT2D eigenvalue weighted by molar-refractivity contribution is -0.137. The first-order chi connectivity index (χ1) is 12.8. The minimum atomic E-state index is -3.51. The number of piperidine rings is 2. The van der Waals surface area contributed by atoms with Gasteiger partial charge in [-0.1, -0.05) is 6.07 Å². The Balaban J connectivity index is 1.60. The zero-order chi connectivity index (χ0) is 19.6. The quantitative estimate of drug-likeness (QED) is 0.795. The summed E-state index contributed by atoms with van der Waals surface area (Å²) in [6.07, 6.45) is 2.59. The Morgan fingerprint density at radius 1 is 1.04 bits per heavy atom. The van der Waals surface area contributed by atoms with E-state index in [1.54, 1.807) is 12.1 Å². The zero-order valence-electron chi connectivity index (χ0n) is 16.0. The Hall–Kier alpha value is -1.91. The van der Waals surface area contributed by atoms with Crippen LogP contribution >= 0.6 is 0 Å². The second-order valence-corrected chi connectivity index (χ2v) is 9.59. The van der Waals surface area contributed by atoms with E-state index in [4.69, 9.17) is 5.26 Å². The smallest absolute Gasteiger partial charge is 0.243 e. The van der Waals surface area contributed by atoms with Crippen LogP contribution in [0.4, 0.5) is 0 Å². The van der Waals surface area contributed by atoms with Crippen molar-refractivity contribution in [2.45, 2.75) is 44.4 Å². The number of benzene rings is 1. The van der Waals surface area contributed by atoms with Gasteiger partial charge in [0.05, 0.1) is 11.0 Å². The van der Waals surface area contributed by atoms with Gasteiger partial charge in [-0.2, -0.15) is 9.57 Å². The fraction of sp³-hybridized carbons (Fsp3) is 0.600. The topological polar surface area (TPSA) is 81.5 Å². The minimum Gasteiger partial charge on any atom is -0.342 e. The molecule has 0 spiro atoms. The van der Waals surface area contributed by atoms with Crippen LogP contribution in [0.3, 0.4) is 0 Å². The van der Waals surface area contributed by atoms with E-state index in [0.29, 0.717) is 43.9 Å². The van der Waals surface area contributed by atoms with E-state index in [1.165, 1.54) is 4.31 Å². The van der Waals surface area contributed by atoms with Gasteiger partial charge in [-0.05, 0) is 62.8 Å². The van der Waals surface area contributed by atoms with Gasteiger partial charge in [-0.25, -0.2) is 8.42 Å². The third-order valence-electron chi connectivity index (χ3n) is 5.91. The molecule has 2 heterocycles. The van der Waals surface area contributed by atoms with Gasteiger partial charge in [0, 0.05) is 38.0 Å². The van der Waals surface area contributed by atoms with Crippen LogP contribution in [-0.2, 0) is 14.8 Å². The van der Waals surface area contributed by atoms with E-state index in [1.807, 2.05) is 24.8 Å². The molecule has 0 N–H and O–H groups in total. The highest BCUT2D eigenvalue weighted by atomic mass is 32.2. The molecule has 0 aromatic heterocycles. The lowest BCUT2D eigenvalue weighted by Gasteiger charge is -2.36. The van der Waals surface area contributed by atoms with Gasteiger partial charge in [-0.3, -0.25) is 4.79 Å². The fourth-order valence-electron chi connectivity index (χ4n) is 3.85. The summed E-state index contributed by atoms with van der Waals surface area (Å²) in [6, 6.07) is 7.50. The van der Waals surface area contributed by atoms with Crippen LogP contribution in [0.25, 0.3) is 0 Å². The highest BCUT2D eigenvalue weighted by Crippen LogP contribution is 2.27. The lowest BCUT2D eigenvalue weighted by Crippen LogP contribution is -2.46. The number of nitrogens with zero attached hydrogens (tertiary/aromatic N) is 3. The maximum absolute atomic E-state index is 12.9. The van der Waals surface area contributed by atoms with Crippen LogP contribution in [0.2, 0.25) is 0 Å². The maximum Gasteiger partial charge on any atom is 0.243 e. The van der Waals surface area contributed by atoms with Crippen LogP contribution in [0.15, 0.2) is 23.1 Å². The SMILES string of the molecule is Cc1ccc(S(=O)(=O)N2CCC(C(=O)N3CCC(C#N)CC3)CC2)cc1C. The number of carbonyl (C=O) groups excluding carboxylic acids is 1. The summed E-state index contributed by atoms with van der Waals surface area (Å²) in [4.78, 5) is 14.9. The Labute approximate surface area is 161 Å². The molecule has 0 atom stereocenters. The van der Waals surface area contributed by atoms with Gasteiger partial charge >= 0.3 is 0 Å². The molecule has 0 saturated carbocycles. The van der Waals surface area contributed by atoms with Gasteiger partial charge in [0.2, 0.25) is 15.9 Å². The van der Waals surface area contributed by atoms with Crippen LogP contribution in [0.5, 0.6) is 0 Å². The zero-order valence-corrected chi connectivity index (χ0v) is 16.8. The average Bonchev–Trinajstić information content (AvgIpc) is 2.69. The molecule has 2 aliphatic heterocycles. The predicted molar refractivity (Wildman–Crippen MR) is 102 cm³/mol. The number of likely N-dealkylation sites (tertiary alicyclic amines) is 1. The normalized spacial score (nSPS) is 20.4. The van der Waals surface area contributed by atoms with E-state index in [0.717, 1.165) is 24.0 Å². The largest absolute Gasteiger partial charge is 0.342 e. The second kappa shape index (κ2) is 7.99. The van der Waals surface area contributed by atoms with Crippen molar-refractivity contribution in [3.05, 3.63) is 29.3 Å². The van der Waals surface area contributed by atoms with E-state index in [2.05, 4.69) is 6.07 Å². The van der Waals surface area contributed by atoms with Crippen molar-refractivity contribution < 1.29 is 13.2 Å². The Morgan fingerprint density at radius 3 is 2.22 bits per heavy atom. The van der Waals surface area contributed by atoms with Crippen LogP contribution in [0, 0.1) is 37.0 Å². The number of hydrogen-bond acceptors (Lipinski definition) is 4. The maximum atomic E-state index is 12.9. The van der Waals surface area contributed by atoms with E-state index in [9.17, 15) is 13.2 Å². The van der Waals surface area contributed by atoms with E-state index < -0.39 is 10.0 Å². The average molecular weight is 390 g/mol. The summed E-state index contributed by atoms with van der Waals surface area (Å²) in [5, 5.41) is 8.98. The molecule has 0 radical (unpaired) electrons. The van der Waals surface area contributed by atoms with Crippen molar-refractivity contribution in [1.82, 2.24) is 9.21 Å². The molecule has 0 bridgehead atoms. The first kappa shape index (κ1) is 19.8. The molecule has 2 saturated heterocycles. The molecule has 27 heavy (non-hydrogen) atoms. The fourth-order valence-corrected chi connectivity index (χ4v) is 5.41. The molecule has 1 aromatic rings. The predicted octanol–water partition coefficient (Wildman–Crippen LogP) is 2.47. The van der Waals surface area contributed by atoms with Gasteiger partial charge in [0.15, 0.2) is 0 Å². The minimum absolute atomic E-state index is 0.0546. The third kappa shape index (κ3) is 4.17. The number of rotatable bonds is 3. The summed E-state index contributed by atoms with van der Waals surface area (Å²) < 4.78 is 27.3. The summed E-state index contributed by atoms with van der Waals surface area (Å²) in [6.45, 7) is 5.90. The molecular weight excluding hydrogens is 362 g/mol. The van der Waals surface area contributed by atoms with Crippen molar-refractivity contribution in [1.29, 1.82) is 5.26 Å². The molecule has 1 aromatic carbocycles. The van der Waals surface area contributed by atoms with Crippen LogP contribution in [0.1, 0.15) is 36.8 Å². The van der Waals surface area contributed by atoms with E-state index in [-0.39, 0.29) is 17.7 Å².